The first kappa shape index (κ1) is 17.2. The lowest BCUT2D eigenvalue weighted by Gasteiger charge is -2.40. The highest BCUT2D eigenvalue weighted by Gasteiger charge is 2.34. The summed E-state index contributed by atoms with van der Waals surface area (Å²) in [5.74, 6) is 1.07. The molecule has 0 bridgehead atoms. The Morgan fingerprint density at radius 1 is 1.38 bits per heavy atom. The molecule has 0 unspecified atom stereocenters. The van der Waals surface area contributed by atoms with Gasteiger partial charge in [0, 0.05) is 44.5 Å². The second-order valence-corrected chi connectivity index (χ2v) is 6.80. The molecule has 26 heavy (non-hydrogen) atoms. The molecule has 2 aromatic heterocycles. The van der Waals surface area contributed by atoms with Crippen LogP contribution in [0.5, 0.6) is 0 Å². The van der Waals surface area contributed by atoms with Gasteiger partial charge in [-0.1, -0.05) is 19.1 Å². The average Bonchev–Trinajstić information content (AvgIpc) is 3.29. The molecule has 1 aliphatic rings. The van der Waals surface area contributed by atoms with E-state index in [2.05, 4.69) is 62.1 Å². The van der Waals surface area contributed by atoms with Gasteiger partial charge < -0.3 is 14.6 Å². The molecule has 1 saturated heterocycles. The Morgan fingerprint density at radius 2 is 2.31 bits per heavy atom. The number of H-pyrrole nitrogens is 1. The monoisotopic (exact) mass is 354 g/mol. The molecular weight excluding hydrogens is 328 g/mol. The summed E-state index contributed by atoms with van der Waals surface area (Å²) in [6, 6.07) is 6.56. The number of aromatic amines is 1. The lowest BCUT2D eigenvalue weighted by Crippen LogP contribution is -2.49. The zero-order valence-corrected chi connectivity index (χ0v) is 15.4. The van der Waals surface area contributed by atoms with Crippen molar-refractivity contribution in [3.05, 3.63) is 48.2 Å². The molecule has 0 aliphatic carbocycles. The Hall–Kier alpha value is -2.22. The van der Waals surface area contributed by atoms with E-state index < -0.39 is 0 Å². The first-order valence-corrected chi connectivity index (χ1v) is 9.22. The highest BCUT2D eigenvalue weighted by molar-refractivity contribution is 5.78. The Bertz CT molecular complexity index is 856. The van der Waals surface area contributed by atoms with E-state index >= 15 is 0 Å². The minimum atomic E-state index is 0.0840. The Morgan fingerprint density at radius 3 is 3.12 bits per heavy atom. The summed E-state index contributed by atoms with van der Waals surface area (Å²) in [5.41, 5.74) is 2.31. The molecule has 1 fully saturated rings. The van der Waals surface area contributed by atoms with Crippen LogP contribution in [0, 0.1) is 0 Å². The molecule has 1 aromatic carbocycles. The van der Waals surface area contributed by atoms with Crippen LogP contribution in [0.1, 0.15) is 24.4 Å². The molecule has 2 N–H and O–H groups in total. The number of aryl methyl sites for hydroxylation is 1. The number of rotatable bonds is 6. The van der Waals surface area contributed by atoms with E-state index in [4.69, 9.17) is 4.74 Å². The van der Waals surface area contributed by atoms with E-state index in [1.54, 1.807) is 0 Å². The van der Waals surface area contributed by atoms with Crippen molar-refractivity contribution in [2.75, 3.05) is 26.2 Å². The minimum Gasteiger partial charge on any atom is -0.373 e. The molecule has 7 nitrogen and oxygen atoms in total. The standard InChI is InChI=1S/C19H26N6O/c1-3-25-8-9-26-17(18(25)19-21-6-7-24(19)2)13-20-11-14-4-5-15-12-22-23-16(15)10-14/h4-7,10,12,17-18,20H,3,8-9,11,13H2,1-2H3,(H,22,23)/t17-,18+/m0/s1. The van der Waals surface area contributed by atoms with Crippen LogP contribution in [-0.2, 0) is 18.3 Å². The largest absolute Gasteiger partial charge is 0.373 e. The van der Waals surface area contributed by atoms with Crippen molar-refractivity contribution < 1.29 is 4.74 Å². The molecule has 2 atom stereocenters. The molecule has 3 heterocycles. The van der Waals surface area contributed by atoms with Gasteiger partial charge in [0.25, 0.3) is 0 Å². The molecular formula is C19H26N6O. The van der Waals surface area contributed by atoms with Gasteiger partial charge in [0.2, 0.25) is 0 Å². The van der Waals surface area contributed by atoms with Crippen LogP contribution >= 0.6 is 0 Å². The number of benzene rings is 1. The molecule has 0 amide bonds. The van der Waals surface area contributed by atoms with Crippen molar-refractivity contribution in [3.8, 4) is 0 Å². The third-order valence-corrected chi connectivity index (χ3v) is 5.17. The maximum absolute atomic E-state index is 6.12. The van der Waals surface area contributed by atoms with Gasteiger partial charge >= 0.3 is 0 Å². The molecule has 3 aromatic rings. The summed E-state index contributed by atoms with van der Waals surface area (Å²) in [5, 5.41) is 11.8. The number of nitrogens with one attached hydrogen (secondary N) is 2. The zero-order chi connectivity index (χ0) is 17.9. The van der Waals surface area contributed by atoms with Crippen molar-refractivity contribution in [2.45, 2.75) is 25.6 Å². The molecule has 138 valence electrons. The molecule has 1 aliphatic heterocycles. The second-order valence-electron chi connectivity index (χ2n) is 6.80. The van der Waals surface area contributed by atoms with Crippen molar-refractivity contribution in [1.29, 1.82) is 0 Å². The normalized spacial score (nSPS) is 21.5. The van der Waals surface area contributed by atoms with Crippen LogP contribution in [0.25, 0.3) is 10.9 Å². The van der Waals surface area contributed by atoms with Gasteiger partial charge in [-0.15, -0.1) is 0 Å². The van der Waals surface area contributed by atoms with Crippen molar-refractivity contribution >= 4 is 10.9 Å². The number of ether oxygens (including phenoxy) is 1. The van der Waals surface area contributed by atoms with Gasteiger partial charge in [-0.05, 0) is 18.2 Å². The lowest BCUT2D eigenvalue weighted by atomic mass is 10.1. The number of hydrogen-bond acceptors (Lipinski definition) is 5. The summed E-state index contributed by atoms with van der Waals surface area (Å²) in [6.45, 7) is 6.49. The van der Waals surface area contributed by atoms with Crippen LogP contribution in [0.4, 0.5) is 0 Å². The Balaban J connectivity index is 1.44. The number of fused-ring (bicyclic) bond motifs is 1. The second kappa shape index (κ2) is 7.57. The van der Waals surface area contributed by atoms with E-state index in [-0.39, 0.29) is 12.1 Å². The fourth-order valence-electron chi connectivity index (χ4n) is 3.76. The summed E-state index contributed by atoms with van der Waals surface area (Å²) < 4.78 is 8.22. The number of hydrogen-bond donors (Lipinski definition) is 2. The zero-order valence-electron chi connectivity index (χ0n) is 15.4. The molecule has 0 spiro atoms. The average molecular weight is 354 g/mol. The minimum absolute atomic E-state index is 0.0840. The molecule has 4 rings (SSSR count). The number of nitrogens with zero attached hydrogens (tertiary/aromatic N) is 4. The van der Waals surface area contributed by atoms with Crippen LogP contribution in [0.3, 0.4) is 0 Å². The van der Waals surface area contributed by atoms with Crippen LogP contribution in [0.15, 0.2) is 36.8 Å². The number of imidazole rings is 1. The van der Waals surface area contributed by atoms with E-state index in [1.165, 1.54) is 5.56 Å². The third-order valence-electron chi connectivity index (χ3n) is 5.17. The van der Waals surface area contributed by atoms with Crippen LogP contribution in [0.2, 0.25) is 0 Å². The van der Waals surface area contributed by atoms with E-state index in [1.807, 2.05) is 18.6 Å². The highest BCUT2D eigenvalue weighted by Crippen LogP contribution is 2.27. The van der Waals surface area contributed by atoms with Gasteiger partial charge in [-0.25, -0.2) is 4.98 Å². The van der Waals surface area contributed by atoms with Crippen LogP contribution in [-0.4, -0.2) is 57.0 Å². The molecule has 0 radical (unpaired) electrons. The number of morpholine rings is 1. The Kier molecular flexibility index (Phi) is 5.01. The van der Waals surface area contributed by atoms with Gasteiger partial charge in [-0.3, -0.25) is 10.00 Å². The summed E-state index contributed by atoms with van der Waals surface area (Å²) in [4.78, 5) is 7.04. The first-order valence-electron chi connectivity index (χ1n) is 9.22. The number of likely N-dealkylation sites (N-methyl/N-ethyl adjacent to an activating group) is 1. The van der Waals surface area contributed by atoms with Gasteiger partial charge in [0.15, 0.2) is 0 Å². The molecule has 7 heteroatoms. The van der Waals surface area contributed by atoms with Gasteiger partial charge in [0.05, 0.1) is 30.5 Å². The smallest absolute Gasteiger partial charge is 0.128 e. The Labute approximate surface area is 153 Å². The summed E-state index contributed by atoms with van der Waals surface area (Å²) in [6.07, 6.45) is 5.80. The third kappa shape index (κ3) is 3.38. The van der Waals surface area contributed by atoms with Crippen molar-refractivity contribution in [1.82, 2.24) is 30.0 Å². The van der Waals surface area contributed by atoms with Gasteiger partial charge in [-0.2, -0.15) is 5.10 Å². The fourth-order valence-corrected chi connectivity index (χ4v) is 3.76. The maximum Gasteiger partial charge on any atom is 0.128 e. The topological polar surface area (TPSA) is 71.0 Å². The van der Waals surface area contributed by atoms with E-state index in [0.29, 0.717) is 0 Å². The summed E-state index contributed by atoms with van der Waals surface area (Å²) in [7, 11) is 2.05. The number of aromatic nitrogens is 4. The summed E-state index contributed by atoms with van der Waals surface area (Å²) >= 11 is 0. The maximum atomic E-state index is 6.12. The van der Waals surface area contributed by atoms with Crippen molar-refractivity contribution in [2.24, 2.45) is 7.05 Å². The van der Waals surface area contributed by atoms with Gasteiger partial charge in [0.1, 0.15) is 5.82 Å². The predicted molar refractivity (Wildman–Crippen MR) is 101 cm³/mol. The van der Waals surface area contributed by atoms with E-state index in [9.17, 15) is 0 Å². The quantitative estimate of drug-likeness (QED) is 0.707. The highest BCUT2D eigenvalue weighted by atomic mass is 16.5. The fraction of sp³-hybridized carbons (Fsp3) is 0.474. The van der Waals surface area contributed by atoms with Crippen molar-refractivity contribution in [3.63, 3.8) is 0 Å². The first-order chi connectivity index (χ1) is 12.8. The molecule has 0 saturated carbocycles. The van der Waals surface area contributed by atoms with E-state index in [0.717, 1.165) is 49.5 Å². The van der Waals surface area contributed by atoms with Crippen LogP contribution < -0.4 is 5.32 Å². The predicted octanol–water partition coefficient (Wildman–Crippen LogP) is 1.85. The lowest BCUT2D eigenvalue weighted by molar-refractivity contribution is -0.0729. The SMILES string of the molecule is CCN1CCO[C@@H](CNCc2ccc3cn[nH]c3c2)[C@@H]1c1nccn1C.